The number of aliphatic hydroxyl groups is 2. The SMILES string of the molecule is CCC(C)=C(C(C)=O)C1=C(NCC(=O)C(C)CC)CCCC1.CCCC(CCC)Oc1ccccc1Cl.CCCCCC(O)(CO)CCC. The topological polar surface area (TPSA) is 95.9 Å². The zero-order valence-electron chi connectivity index (χ0n) is 32.7. The van der Waals surface area contributed by atoms with Crippen LogP contribution in [0.2, 0.25) is 5.02 Å². The van der Waals surface area contributed by atoms with E-state index in [4.69, 9.17) is 21.4 Å². The molecule has 0 amide bonds. The predicted molar refractivity (Wildman–Crippen MR) is 208 cm³/mol. The number of aliphatic hydroxyl groups excluding tert-OH is 1. The molecular formula is C42H72ClNO5. The number of allylic oxidation sites excluding steroid dienone is 4. The zero-order chi connectivity index (χ0) is 37.2. The number of ether oxygens (including phenoxy) is 1. The average Bonchev–Trinajstić information content (AvgIpc) is 3.09. The van der Waals surface area contributed by atoms with Crippen LogP contribution in [0.15, 0.2) is 46.7 Å². The normalized spacial score (nSPS) is 15.2. The van der Waals surface area contributed by atoms with Crippen LogP contribution in [0.25, 0.3) is 0 Å². The number of para-hydroxylation sites is 1. The summed E-state index contributed by atoms with van der Waals surface area (Å²) in [5.74, 6) is 1.30. The maximum atomic E-state index is 12.1. The van der Waals surface area contributed by atoms with E-state index in [1.165, 1.54) is 0 Å². The molecule has 0 saturated heterocycles. The van der Waals surface area contributed by atoms with Crippen molar-refractivity contribution < 1.29 is 24.5 Å². The summed E-state index contributed by atoms with van der Waals surface area (Å²) in [4.78, 5) is 24.1. The standard InChI is InChI=1S/C19H31NO2.C13H19ClO.C10H22O2/c1-6-13(3)18(22)12-20-17-11-9-8-10-16(17)19(15(5)21)14(4)7-2;1-3-7-11(8-4-2)15-13-10-6-5-9-12(13)14;1-3-5-6-8-10(12,9-11)7-4-2/h13,20H,6-12H2,1-5H3;5-6,9-11H,3-4,7-8H2,1-2H3;11-12H,3-9H2,1-2H3. The average molecular weight is 706 g/mol. The molecule has 0 fully saturated rings. The van der Waals surface area contributed by atoms with Crippen LogP contribution in [0.1, 0.15) is 165 Å². The second kappa shape index (κ2) is 27.6. The Morgan fingerprint density at radius 3 is 2.06 bits per heavy atom. The number of unbranched alkanes of at least 4 members (excludes halogenated alkanes) is 2. The van der Waals surface area contributed by atoms with Crippen LogP contribution in [-0.2, 0) is 9.59 Å². The van der Waals surface area contributed by atoms with Crippen LogP contribution in [0.3, 0.4) is 0 Å². The highest BCUT2D eigenvalue weighted by atomic mass is 35.5. The summed E-state index contributed by atoms with van der Waals surface area (Å²) in [5, 5.41) is 22.8. The molecular weight excluding hydrogens is 634 g/mol. The monoisotopic (exact) mass is 706 g/mol. The van der Waals surface area contributed by atoms with Crippen molar-refractivity contribution >= 4 is 23.2 Å². The highest BCUT2D eigenvalue weighted by Crippen LogP contribution is 2.31. The van der Waals surface area contributed by atoms with Gasteiger partial charge in [0.15, 0.2) is 11.6 Å². The van der Waals surface area contributed by atoms with Gasteiger partial charge in [-0.25, -0.2) is 0 Å². The number of halogens is 1. The molecule has 1 aliphatic carbocycles. The molecule has 0 aromatic heterocycles. The predicted octanol–water partition coefficient (Wildman–Crippen LogP) is 11.1. The van der Waals surface area contributed by atoms with E-state index in [-0.39, 0.29) is 24.1 Å². The molecule has 3 N–H and O–H groups in total. The van der Waals surface area contributed by atoms with Gasteiger partial charge in [0, 0.05) is 17.2 Å². The second-order valence-corrected chi connectivity index (χ2v) is 14.1. The molecule has 0 spiro atoms. The number of ketones is 2. The van der Waals surface area contributed by atoms with Crippen LogP contribution >= 0.6 is 11.6 Å². The van der Waals surface area contributed by atoms with Gasteiger partial charge in [0.2, 0.25) is 0 Å². The quantitative estimate of drug-likeness (QED) is 0.0870. The third kappa shape index (κ3) is 19.2. The fraction of sp³-hybridized carbons (Fsp3) is 0.714. The number of hydrogen-bond donors (Lipinski definition) is 3. The smallest absolute Gasteiger partial charge is 0.160 e. The van der Waals surface area contributed by atoms with Gasteiger partial charge in [-0.05, 0) is 95.8 Å². The van der Waals surface area contributed by atoms with Gasteiger partial charge in [-0.2, -0.15) is 0 Å². The minimum absolute atomic E-state index is 0.0927. The zero-order valence-corrected chi connectivity index (χ0v) is 33.4. The molecule has 1 aliphatic rings. The third-order valence-corrected chi connectivity index (χ3v) is 9.64. The molecule has 1 aromatic carbocycles. The molecule has 7 heteroatoms. The lowest BCUT2D eigenvalue weighted by Crippen LogP contribution is -2.32. The fourth-order valence-electron chi connectivity index (χ4n) is 6.00. The van der Waals surface area contributed by atoms with Crippen molar-refractivity contribution in [3.8, 4) is 5.75 Å². The minimum atomic E-state index is -0.802. The van der Waals surface area contributed by atoms with Crippen molar-refractivity contribution in [3.05, 3.63) is 51.7 Å². The number of carbonyl (C=O) groups is 2. The highest BCUT2D eigenvalue weighted by Gasteiger charge is 2.24. The lowest BCUT2D eigenvalue weighted by atomic mass is 9.86. The number of carbonyl (C=O) groups excluding carboxylic acids is 2. The summed E-state index contributed by atoms with van der Waals surface area (Å²) in [6.07, 6.45) is 16.4. The lowest BCUT2D eigenvalue weighted by molar-refractivity contribution is -0.121. The summed E-state index contributed by atoms with van der Waals surface area (Å²) in [6, 6.07) is 7.67. The Kier molecular flexibility index (Phi) is 26.3. The van der Waals surface area contributed by atoms with Crippen molar-refractivity contribution in [2.75, 3.05) is 13.2 Å². The number of hydrogen-bond acceptors (Lipinski definition) is 6. The molecule has 0 radical (unpaired) electrons. The molecule has 49 heavy (non-hydrogen) atoms. The summed E-state index contributed by atoms with van der Waals surface area (Å²) in [7, 11) is 0. The van der Waals surface area contributed by atoms with Crippen molar-refractivity contribution in [1.82, 2.24) is 5.32 Å². The van der Waals surface area contributed by atoms with Crippen molar-refractivity contribution in [2.24, 2.45) is 5.92 Å². The van der Waals surface area contributed by atoms with E-state index < -0.39 is 5.60 Å². The van der Waals surface area contributed by atoms with Gasteiger partial charge in [-0.1, -0.05) is 116 Å². The van der Waals surface area contributed by atoms with Gasteiger partial charge in [0.25, 0.3) is 0 Å². The molecule has 282 valence electrons. The molecule has 2 rings (SSSR count). The molecule has 2 atom stereocenters. The maximum Gasteiger partial charge on any atom is 0.160 e. The van der Waals surface area contributed by atoms with E-state index >= 15 is 0 Å². The summed E-state index contributed by atoms with van der Waals surface area (Å²) >= 11 is 6.04. The van der Waals surface area contributed by atoms with Crippen molar-refractivity contribution in [3.63, 3.8) is 0 Å². The fourth-order valence-corrected chi connectivity index (χ4v) is 6.18. The third-order valence-electron chi connectivity index (χ3n) is 9.32. The summed E-state index contributed by atoms with van der Waals surface area (Å²) in [6.45, 7) is 18.6. The Hall–Kier alpha value is -2.15. The summed E-state index contributed by atoms with van der Waals surface area (Å²) in [5.41, 5.74) is 3.50. The van der Waals surface area contributed by atoms with E-state index in [1.807, 2.05) is 52.0 Å². The van der Waals surface area contributed by atoms with E-state index in [0.29, 0.717) is 24.1 Å². The summed E-state index contributed by atoms with van der Waals surface area (Å²) < 4.78 is 5.89. The molecule has 0 bridgehead atoms. The van der Waals surface area contributed by atoms with E-state index in [0.717, 1.165) is 124 Å². The Labute approximate surface area is 305 Å². The number of benzene rings is 1. The number of rotatable bonds is 21. The lowest BCUT2D eigenvalue weighted by Gasteiger charge is -2.25. The Morgan fingerprint density at radius 2 is 1.55 bits per heavy atom. The minimum Gasteiger partial charge on any atom is -0.489 e. The van der Waals surface area contributed by atoms with Gasteiger partial charge >= 0.3 is 0 Å². The molecule has 0 saturated carbocycles. The Balaban J connectivity index is 0.000000746. The van der Waals surface area contributed by atoms with Gasteiger partial charge in [-0.3, -0.25) is 9.59 Å². The van der Waals surface area contributed by atoms with Gasteiger partial charge in [0.05, 0.1) is 29.9 Å². The van der Waals surface area contributed by atoms with Crippen LogP contribution in [-0.4, -0.2) is 46.6 Å². The molecule has 2 unspecified atom stereocenters. The Morgan fingerprint density at radius 1 is 0.918 bits per heavy atom. The first-order chi connectivity index (χ1) is 23.4. The van der Waals surface area contributed by atoms with E-state index in [9.17, 15) is 14.7 Å². The first-order valence-corrected chi connectivity index (χ1v) is 19.7. The van der Waals surface area contributed by atoms with Crippen LogP contribution in [0, 0.1) is 5.92 Å². The Bertz CT molecular complexity index is 1120. The molecule has 1 aromatic rings. The molecule has 6 nitrogen and oxygen atoms in total. The molecule has 0 heterocycles. The first-order valence-electron chi connectivity index (χ1n) is 19.3. The van der Waals surface area contributed by atoms with Gasteiger partial charge in [-0.15, -0.1) is 0 Å². The second-order valence-electron chi connectivity index (χ2n) is 13.7. The number of Topliss-reactive ketones (excluding diaryl/α,β-unsaturated/α-hetero) is 2. The highest BCUT2D eigenvalue weighted by molar-refractivity contribution is 6.32. The van der Waals surface area contributed by atoms with Gasteiger partial charge < -0.3 is 20.3 Å². The van der Waals surface area contributed by atoms with E-state index in [1.54, 1.807) is 6.92 Å². The van der Waals surface area contributed by atoms with Gasteiger partial charge in [0.1, 0.15) is 5.75 Å². The molecule has 0 aliphatic heterocycles. The maximum absolute atomic E-state index is 12.1. The van der Waals surface area contributed by atoms with Crippen molar-refractivity contribution in [1.29, 1.82) is 0 Å². The van der Waals surface area contributed by atoms with Crippen LogP contribution < -0.4 is 10.1 Å². The van der Waals surface area contributed by atoms with E-state index in [2.05, 4.69) is 33.0 Å². The van der Waals surface area contributed by atoms with Crippen molar-refractivity contribution in [2.45, 2.75) is 177 Å². The number of nitrogens with one attached hydrogen (secondary N) is 1. The largest absolute Gasteiger partial charge is 0.489 e. The first kappa shape index (κ1) is 46.9. The van der Waals surface area contributed by atoms with Crippen LogP contribution in [0.5, 0.6) is 5.75 Å². The van der Waals surface area contributed by atoms with Crippen LogP contribution in [0.4, 0.5) is 0 Å².